The van der Waals surface area contributed by atoms with Crippen LogP contribution < -0.4 is 0 Å². The van der Waals surface area contributed by atoms with Crippen LogP contribution in [0.3, 0.4) is 0 Å². The average Bonchev–Trinajstić information content (AvgIpc) is 2.71. The number of hydrogen-bond donors (Lipinski definition) is 1. The van der Waals surface area contributed by atoms with Gasteiger partial charge in [0.15, 0.2) is 0 Å². The molecular weight excluding hydrogens is 248 g/mol. The predicted molar refractivity (Wildman–Crippen MR) is 82.3 cm³/mol. The number of aromatic hydroxyl groups is 1. The Kier molecular flexibility index (Phi) is 2.82. The summed E-state index contributed by atoms with van der Waals surface area (Å²) in [6.07, 6.45) is 1.74. The molecule has 0 aliphatic carbocycles. The lowest BCUT2D eigenvalue weighted by atomic mass is 9.95. The van der Waals surface area contributed by atoms with E-state index in [4.69, 9.17) is 4.42 Å². The van der Waals surface area contributed by atoms with Crippen molar-refractivity contribution in [3.8, 4) is 16.9 Å². The highest BCUT2D eigenvalue weighted by molar-refractivity contribution is 5.98. The van der Waals surface area contributed by atoms with E-state index in [1.165, 1.54) is 11.1 Å². The van der Waals surface area contributed by atoms with Gasteiger partial charge in [0.05, 0.1) is 6.26 Å². The largest absolute Gasteiger partial charge is 0.507 e. The van der Waals surface area contributed by atoms with Crippen LogP contribution in [0.2, 0.25) is 0 Å². The molecule has 0 aliphatic rings. The van der Waals surface area contributed by atoms with Crippen LogP contribution in [0.4, 0.5) is 0 Å². The molecule has 0 aliphatic heterocycles. The molecule has 0 fully saturated rings. The maximum absolute atomic E-state index is 10.3. The number of aryl methyl sites for hydroxylation is 4. The van der Waals surface area contributed by atoms with E-state index in [-0.39, 0.29) is 0 Å². The topological polar surface area (TPSA) is 33.4 Å². The van der Waals surface area contributed by atoms with Gasteiger partial charge in [-0.2, -0.15) is 0 Å². The highest BCUT2D eigenvalue weighted by atomic mass is 16.3. The number of furan rings is 1. The molecule has 0 amide bonds. The lowest BCUT2D eigenvalue weighted by Crippen LogP contribution is -1.87. The number of hydrogen-bond acceptors (Lipinski definition) is 2. The van der Waals surface area contributed by atoms with E-state index in [1.54, 1.807) is 12.3 Å². The molecule has 2 nitrogen and oxygen atoms in total. The van der Waals surface area contributed by atoms with Crippen molar-refractivity contribution < 1.29 is 9.52 Å². The standard InChI is InChI=1S/C18H18O2/c1-10-5-12(3)17(15(19)7-10)14-9-20-16-8-11(2)6-13(4)18(14)16/h5-9,19H,1-4H3. The highest BCUT2D eigenvalue weighted by Crippen LogP contribution is 2.40. The molecule has 3 aromatic rings. The van der Waals surface area contributed by atoms with Crippen molar-refractivity contribution >= 4 is 11.0 Å². The first-order valence-electron chi connectivity index (χ1n) is 6.76. The van der Waals surface area contributed by atoms with Crippen LogP contribution in [0.5, 0.6) is 5.75 Å². The van der Waals surface area contributed by atoms with Gasteiger partial charge in [-0.05, 0) is 62.1 Å². The summed E-state index contributed by atoms with van der Waals surface area (Å²) >= 11 is 0. The summed E-state index contributed by atoms with van der Waals surface area (Å²) in [6.45, 7) is 8.14. The van der Waals surface area contributed by atoms with E-state index in [0.29, 0.717) is 5.75 Å². The average molecular weight is 266 g/mol. The van der Waals surface area contributed by atoms with E-state index in [2.05, 4.69) is 26.0 Å². The molecule has 0 atom stereocenters. The molecule has 2 aromatic carbocycles. The Morgan fingerprint density at radius 3 is 2.20 bits per heavy atom. The van der Waals surface area contributed by atoms with Gasteiger partial charge in [-0.3, -0.25) is 0 Å². The Labute approximate surface area is 118 Å². The molecule has 1 heterocycles. The van der Waals surface area contributed by atoms with E-state index >= 15 is 0 Å². The molecule has 102 valence electrons. The molecule has 2 heteroatoms. The zero-order chi connectivity index (χ0) is 14.4. The summed E-state index contributed by atoms with van der Waals surface area (Å²) in [5.74, 6) is 0.310. The lowest BCUT2D eigenvalue weighted by Gasteiger charge is -2.09. The van der Waals surface area contributed by atoms with Gasteiger partial charge >= 0.3 is 0 Å². The molecule has 0 bridgehead atoms. The fourth-order valence-electron chi connectivity index (χ4n) is 3.03. The zero-order valence-corrected chi connectivity index (χ0v) is 12.2. The Morgan fingerprint density at radius 2 is 1.50 bits per heavy atom. The fraction of sp³-hybridized carbons (Fsp3) is 0.222. The van der Waals surface area contributed by atoms with Crippen LogP contribution in [-0.2, 0) is 0 Å². The van der Waals surface area contributed by atoms with Crippen molar-refractivity contribution in [1.29, 1.82) is 0 Å². The Balaban J connectivity index is 2.37. The normalized spacial score (nSPS) is 11.2. The van der Waals surface area contributed by atoms with Gasteiger partial charge in [-0.1, -0.05) is 12.1 Å². The van der Waals surface area contributed by atoms with E-state index in [1.807, 2.05) is 19.9 Å². The van der Waals surface area contributed by atoms with Crippen LogP contribution in [0, 0.1) is 27.7 Å². The first-order valence-corrected chi connectivity index (χ1v) is 6.76. The SMILES string of the molecule is Cc1cc(C)c(-c2coc3cc(C)cc(C)c23)c(O)c1. The lowest BCUT2D eigenvalue weighted by molar-refractivity contribution is 0.476. The quantitative estimate of drug-likeness (QED) is 0.669. The van der Waals surface area contributed by atoms with Crippen LogP contribution in [0.1, 0.15) is 22.3 Å². The molecular formula is C18H18O2. The summed E-state index contributed by atoms with van der Waals surface area (Å²) in [4.78, 5) is 0. The van der Waals surface area contributed by atoms with Gasteiger partial charge in [0.2, 0.25) is 0 Å². The van der Waals surface area contributed by atoms with Crippen molar-refractivity contribution in [2.24, 2.45) is 0 Å². The highest BCUT2D eigenvalue weighted by Gasteiger charge is 2.16. The summed E-state index contributed by atoms with van der Waals surface area (Å²) in [5.41, 5.74) is 7.17. The Bertz CT molecular complexity index is 787. The van der Waals surface area contributed by atoms with Crippen molar-refractivity contribution in [3.05, 3.63) is 52.8 Å². The van der Waals surface area contributed by atoms with Gasteiger partial charge in [-0.25, -0.2) is 0 Å². The molecule has 0 saturated carbocycles. The van der Waals surface area contributed by atoms with Gasteiger partial charge < -0.3 is 9.52 Å². The third-order valence-corrected chi connectivity index (χ3v) is 3.75. The van der Waals surface area contributed by atoms with E-state index in [9.17, 15) is 5.11 Å². The smallest absolute Gasteiger partial charge is 0.135 e. The van der Waals surface area contributed by atoms with Crippen molar-refractivity contribution in [1.82, 2.24) is 0 Å². The number of fused-ring (bicyclic) bond motifs is 1. The Hall–Kier alpha value is -2.22. The zero-order valence-electron chi connectivity index (χ0n) is 12.2. The second-order valence-corrected chi connectivity index (χ2v) is 5.58. The van der Waals surface area contributed by atoms with Gasteiger partial charge in [-0.15, -0.1) is 0 Å². The van der Waals surface area contributed by atoms with Gasteiger partial charge in [0.25, 0.3) is 0 Å². The third kappa shape index (κ3) is 1.88. The van der Waals surface area contributed by atoms with Crippen molar-refractivity contribution in [2.75, 3.05) is 0 Å². The second-order valence-electron chi connectivity index (χ2n) is 5.58. The fourth-order valence-corrected chi connectivity index (χ4v) is 3.03. The molecule has 20 heavy (non-hydrogen) atoms. The van der Waals surface area contributed by atoms with Gasteiger partial charge in [0.1, 0.15) is 11.3 Å². The first-order chi connectivity index (χ1) is 9.47. The molecule has 0 spiro atoms. The predicted octanol–water partition coefficient (Wildman–Crippen LogP) is 5.04. The molecule has 1 N–H and O–H groups in total. The van der Waals surface area contributed by atoms with E-state index in [0.717, 1.165) is 33.2 Å². The minimum absolute atomic E-state index is 0.310. The number of phenols is 1. The third-order valence-electron chi connectivity index (χ3n) is 3.75. The molecule has 1 aromatic heterocycles. The number of benzene rings is 2. The number of rotatable bonds is 1. The monoisotopic (exact) mass is 266 g/mol. The summed E-state index contributed by atoms with van der Waals surface area (Å²) < 4.78 is 5.69. The maximum Gasteiger partial charge on any atom is 0.135 e. The molecule has 3 rings (SSSR count). The van der Waals surface area contributed by atoms with Crippen LogP contribution in [0.15, 0.2) is 34.9 Å². The van der Waals surface area contributed by atoms with Crippen molar-refractivity contribution in [3.63, 3.8) is 0 Å². The summed E-state index contributed by atoms with van der Waals surface area (Å²) in [6, 6.07) is 8.05. The Morgan fingerprint density at radius 1 is 0.850 bits per heavy atom. The molecule has 0 radical (unpaired) electrons. The second kappa shape index (κ2) is 4.41. The van der Waals surface area contributed by atoms with E-state index < -0.39 is 0 Å². The molecule has 0 saturated heterocycles. The maximum atomic E-state index is 10.3. The first kappa shape index (κ1) is 12.8. The van der Waals surface area contributed by atoms with Crippen LogP contribution in [-0.4, -0.2) is 5.11 Å². The summed E-state index contributed by atoms with van der Waals surface area (Å²) in [5, 5.41) is 11.4. The van der Waals surface area contributed by atoms with Crippen LogP contribution in [0.25, 0.3) is 22.1 Å². The summed E-state index contributed by atoms with van der Waals surface area (Å²) in [7, 11) is 0. The van der Waals surface area contributed by atoms with Crippen LogP contribution >= 0.6 is 0 Å². The minimum Gasteiger partial charge on any atom is -0.507 e. The minimum atomic E-state index is 0.310. The van der Waals surface area contributed by atoms with Gasteiger partial charge in [0, 0.05) is 16.5 Å². The van der Waals surface area contributed by atoms with Crippen molar-refractivity contribution in [2.45, 2.75) is 27.7 Å². The number of phenolic OH excluding ortho intramolecular Hbond substituents is 1. The molecule has 0 unspecified atom stereocenters.